The van der Waals surface area contributed by atoms with Crippen molar-refractivity contribution < 1.29 is 19.2 Å². The third-order valence-corrected chi connectivity index (χ3v) is 12.8. The molecule has 0 bridgehead atoms. The molecule has 9 aromatic carbocycles. The van der Waals surface area contributed by atoms with Gasteiger partial charge in [0.25, 0.3) is 0 Å². The summed E-state index contributed by atoms with van der Waals surface area (Å²) >= 11 is 0. The van der Waals surface area contributed by atoms with Gasteiger partial charge in [0.05, 0.1) is 52.3 Å². The lowest BCUT2D eigenvalue weighted by Gasteiger charge is -2.19. The molecule has 0 aliphatic carbocycles. The van der Waals surface area contributed by atoms with E-state index in [1.54, 1.807) is 0 Å². The second-order valence-corrected chi connectivity index (χ2v) is 18.3. The van der Waals surface area contributed by atoms with Gasteiger partial charge in [0.2, 0.25) is 0 Å². The van der Waals surface area contributed by atoms with Crippen molar-refractivity contribution in [3.05, 3.63) is 169 Å². The summed E-state index contributed by atoms with van der Waals surface area (Å²) in [5.41, 5.74) is 8.01. The third-order valence-electron chi connectivity index (χ3n) is 12.8. The highest BCUT2D eigenvalue weighted by Crippen LogP contribution is 2.49. The largest absolute Gasteiger partial charge is 0.308 e. The van der Waals surface area contributed by atoms with E-state index in [1.165, 1.54) is 0 Å². The standard InChI is InChI=1S/C58H44N2/c1-57(2,3)39-19-25-49-47(29-39)53-41(37-17-15-33-11-7-9-13-35(33)27-37)21-23-43-45-32-52-46(31-51(45)59(49)55(43)53)44-24-22-42(38-18-16-34-12-8-10-14-36(34)28-38)54-48-30-40(58(4,5)6)20-26-50(48)60(52)56(44)54/h7-32H,1-6H3/i7D,8D,9D,10D,11D,12D,13D,14D,15D,16D,17D,18D,27D,28D. The molecule has 0 atom stereocenters. The molecule has 2 heteroatoms. The zero-order valence-corrected chi connectivity index (χ0v) is 33.8. The van der Waals surface area contributed by atoms with Gasteiger partial charge in [-0.2, -0.15) is 0 Å². The highest BCUT2D eigenvalue weighted by atomic mass is 14.9. The molecule has 4 aromatic heterocycles. The predicted octanol–water partition coefficient (Wildman–Crippen LogP) is 16.2. The quantitative estimate of drug-likeness (QED) is 0.165. The van der Waals surface area contributed by atoms with Crippen molar-refractivity contribution in [2.24, 2.45) is 0 Å². The lowest BCUT2D eigenvalue weighted by Crippen LogP contribution is -2.10. The van der Waals surface area contributed by atoms with E-state index in [-0.39, 0.29) is 79.8 Å². The highest BCUT2D eigenvalue weighted by Gasteiger charge is 2.27. The van der Waals surface area contributed by atoms with E-state index in [2.05, 4.69) is 98.9 Å². The monoisotopic (exact) mass is 782 g/mol. The summed E-state index contributed by atoms with van der Waals surface area (Å²) in [7, 11) is 0. The van der Waals surface area contributed by atoms with Gasteiger partial charge in [0.1, 0.15) is 0 Å². The van der Waals surface area contributed by atoms with Gasteiger partial charge in [-0.15, -0.1) is 0 Å². The minimum Gasteiger partial charge on any atom is -0.308 e. The number of hydrogen-bond acceptors (Lipinski definition) is 0. The van der Waals surface area contributed by atoms with Crippen LogP contribution in [0.25, 0.3) is 120 Å². The molecule has 4 heterocycles. The van der Waals surface area contributed by atoms with Gasteiger partial charge in [0.15, 0.2) is 0 Å². The summed E-state index contributed by atoms with van der Waals surface area (Å²) in [5, 5.41) is 6.32. The van der Waals surface area contributed by atoms with Crippen molar-refractivity contribution in [1.29, 1.82) is 0 Å². The first-order chi connectivity index (χ1) is 34.9. The Bertz CT molecular complexity index is 4480. The van der Waals surface area contributed by atoms with E-state index < -0.39 is 48.3 Å². The molecule has 0 aliphatic heterocycles. The Balaban J connectivity index is 1.18. The normalized spacial score (nSPS) is 16.4. The molecule has 0 aliphatic rings. The Labute approximate surface area is 368 Å². The third kappa shape index (κ3) is 4.49. The number of hydrogen-bond donors (Lipinski definition) is 0. The molecule has 0 N–H and O–H groups in total. The Hall–Kier alpha value is -6.90. The van der Waals surface area contributed by atoms with Crippen molar-refractivity contribution >= 4 is 97.7 Å². The number of nitrogens with zero attached hydrogens (tertiary/aromatic N) is 2. The summed E-state index contributed by atoms with van der Waals surface area (Å²) in [6.45, 7) is 12.8. The Morgan fingerprint density at radius 3 is 1.22 bits per heavy atom. The Morgan fingerprint density at radius 2 is 0.800 bits per heavy atom. The van der Waals surface area contributed by atoms with Crippen LogP contribution in [0.3, 0.4) is 0 Å². The zero-order valence-electron chi connectivity index (χ0n) is 47.8. The van der Waals surface area contributed by atoms with E-state index in [0.717, 1.165) is 87.3 Å². The van der Waals surface area contributed by atoms with Gasteiger partial charge in [0, 0.05) is 43.1 Å². The maximum atomic E-state index is 9.61. The minimum absolute atomic E-state index is 0.105. The maximum Gasteiger partial charge on any atom is 0.0636 e. The summed E-state index contributed by atoms with van der Waals surface area (Å²) in [6.07, 6.45) is 0. The fraction of sp³-hybridized carbons (Fsp3) is 0.138. The number of aromatic nitrogens is 2. The SMILES string of the molecule is [2H]c1c([2H])c([2H])c2c([2H])c(-c3ccc4c5cc6c(cc5n5c7ccc(C(C)(C)C)cc7c3c45)c3ccc(-c4c([2H])c([2H])c5c([2H])c([2H])c([2H])c([2H])c5c4[2H])c4c5cc(C(C)(C)C)ccc5n6c34)c([2H])c([2H])c2c1[2H]. The van der Waals surface area contributed by atoms with Gasteiger partial charge in [-0.1, -0.05) is 150 Å². The molecule has 60 heavy (non-hydrogen) atoms. The van der Waals surface area contributed by atoms with Crippen LogP contribution in [0.1, 0.15) is 71.9 Å². The van der Waals surface area contributed by atoms with Gasteiger partial charge >= 0.3 is 0 Å². The first-order valence-electron chi connectivity index (χ1n) is 27.3. The molecule has 0 amide bonds. The number of rotatable bonds is 2. The molecule has 0 saturated carbocycles. The maximum absolute atomic E-state index is 9.61. The zero-order chi connectivity index (χ0) is 52.6. The molecule has 0 fully saturated rings. The van der Waals surface area contributed by atoms with Crippen LogP contribution in [0, 0.1) is 0 Å². The van der Waals surface area contributed by atoms with E-state index >= 15 is 0 Å². The van der Waals surface area contributed by atoms with E-state index in [9.17, 15) is 8.22 Å². The van der Waals surface area contributed by atoms with Crippen LogP contribution in [0.2, 0.25) is 0 Å². The van der Waals surface area contributed by atoms with Crippen LogP contribution < -0.4 is 0 Å². The molecule has 0 unspecified atom stereocenters. The van der Waals surface area contributed by atoms with Crippen LogP contribution >= 0.6 is 0 Å². The number of benzene rings is 9. The Kier molecular flexibility index (Phi) is 4.39. The molecule has 13 rings (SSSR count). The molecule has 0 saturated heterocycles. The molecular formula is C58H44N2. The second-order valence-electron chi connectivity index (χ2n) is 18.3. The molecular weight excluding hydrogens is 725 g/mol. The fourth-order valence-corrected chi connectivity index (χ4v) is 9.79. The van der Waals surface area contributed by atoms with Crippen molar-refractivity contribution in [3.8, 4) is 22.3 Å². The van der Waals surface area contributed by atoms with Crippen molar-refractivity contribution in [3.63, 3.8) is 0 Å². The van der Waals surface area contributed by atoms with Gasteiger partial charge < -0.3 is 8.80 Å². The van der Waals surface area contributed by atoms with Crippen LogP contribution in [0.5, 0.6) is 0 Å². The van der Waals surface area contributed by atoms with Crippen molar-refractivity contribution in [1.82, 2.24) is 8.80 Å². The summed E-state index contributed by atoms with van der Waals surface area (Å²) in [4.78, 5) is 0. The average Bonchev–Trinajstić information content (AvgIpc) is 4.09. The van der Waals surface area contributed by atoms with Crippen LogP contribution in [-0.2, 0) is 10.8 Å². The molecule has 2 nitrogen and oxygen atoms in total. The van der Waals surface area contributed by atoms with Crippen molar-refractivity contribution in [2.75, 3.05) is 0 Å². The molecule has 286 valence electrons. The summed E-state index contributed by atoms with van der Waals surface area (Å²) < 4.78 is 130. The van der Waals surface area contributed by atoms with Crippen molar-refractivity contribution in [2.45, 2.75) is 52.4 Å². The minimum atomic E-state index is -0.522. The second kappa shape index (κ2) is 11.4. The van der Waals surface area contributed by atoms with E-state index in [0.29, 0.717) is 11.1 Å². The fourth-order valence-electron chi connectivity index (χ4n) is 9.79. The molecule has 0 radical (unpaired) electrons. The summed E-state index contributed by atoms with van der Waals surface area (Å²) in [6, 6.07) is 19.1. The van der Waals surface area contributed by atoms with Crippen LogP contribution in [0.4, 0.5) is 0 Å². The van der Waals surface area contributed by atoms with Gasteiger partial charge in [-0.25, -0.2) is 0 Å². The number of fused-ring (bicyclic) bond motifs is 14. The Morgan fingerprint density at radius 1 is 0.383 bits per heavy atom. The predicted molar refractivity (Wildman–Crippen MR) is 259 cm³/mol. The lowest BCUT2D eigenvalue weighted by molar-refractivity contribution is 0.591. The van der Waals surface area contributed by atoms with Gasteiger partial charge in [-0.05, 0) is 114 Å². The van der Waals surface area contributed by atoms with Crippen LogP contribution in [-0.4, -0.2) is 8.80 Å². The lowest BCUT2D eigenvalue weighted by atomic mass is 9.85. The average molecular weight is 783 g/mol. The summed E-state index contributed by atoms with van der Waals surface area (Å²) in [5.74, 6) is 0. The van der Waals surface area contributed by atoms with Crippen LogP contribution in [0.15, 0.2) is 157 Å². The van der Waals surface area contributed by atoms with E-state index in [1.807, 2.05) is 24.3 Å². The first kappa shape index (κ1) is 23.0. The molecule has 0 spiro atoms. The van der Waals surface area contributed by atoms with E-state index in [4.69, 9.17) is 11.0 Å². The van der Waals surface area contributed by atoms with Gasteiger partial charge in [-0.3, -0.25) is 0 Å². The highest BCUT2D eigenvalue weighted by molar-refractivity contribution is 6.32. The molecule has 13 aromatic rings. The smallest absolute Gasteiger partial charge is 0.0636 e. The first-order valence-corrected chi connectivity index (χ1v) is 20.3. The topological polar surface area (TPSA) is 8.82 Å².